The van der Waals surface area contributed by atoms with Gasteiger partial charge in [0.15, 0.2) is 0 Å². The van der Waals surface area contributed by atoms with E-state index in [4.69, 9.17) is 25.5 Å². The van der Waals surface area contributed by atoms with Gasteiger partial charge >= 0.3 is 6.18 Å². The molecule has 3 aromatic carbocycles. The lowest BCUT2D eigenvalue weighted by Crippen LogP contribution is -2.15. The number of ether oxygens (including phenoxy) is 2. The Morgan fingerprint density at radius 3 is 2.48 bits per heavy atom. The van der Waals surface area contributed by atoms with Gasteiger partial charge in [-0.1, -0.05) is 29.8 Å². The Morgan fingerprint density at radius 1 is 1.03 bits per heavy atom. The molecule has 4 aromatic rings. The highest BCUT2D eigenvalue weighted by molar-refractivity contribution is 9.10. The van der Waals surface area contributed by atoms with Gasteiger partial charge in [-0.05, 0) is 52.3 Å². The molecule has 170 valence electrons. The third kappa shape index (κ3) is 4.84. The van der Waals surface area contributed by atoms with E-state index in [1.807, 2.05) is 0 Å². The van der Waals surface area contributed by atoms with Gasteiger partial charge < -0.3 is 13.9 Å². The predicted octanol–water partition coefficient (Wildman–Crippen LogP) is 7.74. The van der Waals surface area contributed by atoms with Crippen LogP contribution in [0.2, 0.25) is 5.02 Å². The number of halogens is 6. The van der Waals surface area contributed by atoms with Crippen LogP contribution in [0.3, 0.4) is 0 Å². The fourth-order valence-corrected chi connectivity index (χ4v) is 3.57. The summed E-state index contributed by atoms with van der Waals surface area (Å²) in [5, 5.41) is -0.0168. The summed E-state index contributed by atoms with van der Waals surface area (Å²) in [7, 11) is 0. The van der Waals surface area contributed by atoms with E-state index in [9.17, 15) is 22.4 Å². The summed E-state index contributed by atoms with van der Waals surface area (Å²) in [5.41, 5.74) is -1.30. The molecule has 0 saturated carbocycles. The number of benzene rings is 3. The molecule has 0 aliphatic rings. The highest BCUT2D eigenvalue weighted by Gasteiger charge is 2.40. The van der Waals surface area contributed by atoms with Crippen LogP contribution in [0, 0.1) is 5.82 Å². The second-order valence-corrected chi connectivity index (χ2v) is 8.03. The highest BCUT2D eigenvalue weighted by Crippen LogP contribution is 2.40. The molecule has 0 saturated heterocycles. The minimum Gasteiger partial charge on any atom is -0.489 e. The second kappa shape index (κ2) is 9.07. The van der Waals surface area contributed by atoms with Crippen LogP contribution >= 0.6 is 27.5 Å². The molecule has 33 heavy (non-hydrogen) atoms. The van der Waals surface area contributed by atoms with Crippen molar-refractivity contribution < 1.29 is 31.5 Å². The van der Waals surface area contributed by atoms with Crippen LogP contribution in [0.1, 0.15) is 11.3 Å². The molecule has 0 N–H and O–H groups in total. The van der Waals surface area contributed by atoms with Gasteiger partial charge in [-0.2, -0.15) is 13.2 Å². The molecule has 0 aliphatic carbocycles. The first kappa shape index (κ1) is 23.1. The van der Waals surface area contributed by atoms with E-state index in [-0.39, 0.29) is 39.7 Å². The highest BCUT2D eigenvalue weighted by atomic mass is 79.9. The third-order valence-electron chi connectivity index (χ3n) is 4.57. The van der Waals surface area contributed by atoms with Crippen LogP contribution in [0.5, 0.6) is 17.2 Å². The average molecular weight is 544 g/mol. The average Bonchev–Trinajstić information content (AvgIpc) is 2.75. The lowest BCUT2D eigenvalue weighted by atomic mass is 10.2. The molecule has 0 bridgehead atoms. The van der Waals surface area contributed by atoms with Crippen LogP contribution in [0.25, 0.3) is 11.0 Å². The second-order valence-electron chi connectivity index (χ2n) is 6.77. The van der Waals surface area contributed by atoms with E-state index in [2.05, 4.69) is 15.9 Å². The maximum absolute atomic E-state index is 13.9. The normalized spacial score (nSPS) is 11.6. The molecule has 0 atom stereocenters. The molecular weight excluding hydrogens is 532 g/mol. The van der Waals surface area contributed by atoms with Crippen molar-refractivity contribution in [2.24, 2.45) is 0 Å². The lowest BCUT2D eigenvalue weighted by molar-refractivity contribution is -0.154. The van der Waals surface area contributed by atoms with Crippen molar-refractivity contribution in [3.05, 3.63) is 97.5 Å². The van der Waals surface area contributed by atoms with Crippen molar-refractivity contribution in [3.63, 3.8) is 0 Å². The number of hydrogen-bond acceptors (Lipinski definition) is 4. The zero-order valence-electron chi connectivity index (χ0n) is 16.4. The molecule has 0 radical (unpaired) electrons. The molecular formula is C23H12BrClF4O4. The predicted molar refractivity (Wildman–Crippen MR) is 117 cm³/mol. The molecule has 4 nitrogen and oxygen atoms in total. The number of alkyl halides is 3. The summed E-state index contributed by atoms with van der Waals surface area (Å²) < 4.78 is 71.2. The van der Waals surface area contributed by atoms with Gasteiger partial charge in [-0.25, -0.2) is 4.39 Å². The minimum absolute atomic E-state index is 0.0105. The van der Waals surface area contributed by atoms with Crippen molar-refractivity contribution in [2.75, 3.05) is 0 Å². The molecule has 1 heterocycles. The first-order valence-corrected chi connectivity index (χ1v) is 10.5. The molecule has 0 unspecified atom stereocenters. The zero-order valence-corrected chi connectivity index (χ0v) is 18.7. The van der Waals surface area contributed by atoms with Crippen LogP contribution in [-0.4, -0.2) is 0 Å². The van der Waals surface area contributed by atoms with Gasteiger partial charge in [0.05, 0.1) is 14.9 Å². The smallest absolute Gasteiger partial charge is 0.453 e. The van der Waals surface area contributed by atoms with Crippen LogP contribution in [0.15, 0.2) is 74.3 Å². The first-order valence-electron chi connectivity index (χ1n) is 9.31. The third-order valence-corrected chi connectivity index (χ3v) is 5.58. The summed E-state index contributed by atoms with van der Waals surface area (Å²) in [6.07, 6.45) is -5.01. The Balaban J connectivity index is 1.75. The molecule has 10 heteroatoms. The molecule has 0 aliphatic heterocycles. The fraction of sp³-hybridized carbons (Fsp3) is 0.0870. The van der Waals surface area contributed by atoms with Crippen molar-refractivity contribution in [1.29, 1.82) is 0 Å². The maximum Gasteiger partial charge on any atom is 0.453 e. The van der Waals surface area contributed by atoms with Gasteiger partial charge in [0.1, 0.15) is 29.5 Å². The van der Waals surface area contributed by atoms with Gasteiger partial charge in [0.25, 0.3) is 5.76 Å². The molecule has 4 rings (SSSR count). The Morgan fingerprint density at radius 2 is 1.79 bits per heavy atom. The lowest BCUT2D eigenvalue weighted by Gasteiger charge is -2.14. The van der Waals surface area contributed by atoms with Crippen molar-refractivity contribution in [3.8, 4) is 17.2 Å². The van der Waals surface area contributed by atoms with Crippen molar-refractivity contribution in [1.82, 2.24) is 0 Å². The summed E-state index contributed by atoms with van der Waals surface area (Å²) in [6.45, 7) is -0.281. The van der Waals surface area contributed by atoms with Gasteiger partial charge in [0, 0.05) is 11.6 Å². The van der Waals surface area contributed by atoms with Crippen molar-refractivity contribution >= 4 is 38.5 Å². The van der Waals surface area contributed by atoms with Gasteiger partial charge in [-0.15, -0.1) is 0 Å². The number of para-hydroxylation sites is 1. The quantitative estimate of drug-likeness (QED) is 0.242. The summed E-state index contributed by atoms with van der Waals surface area (Å²) >= 11 is 9.12. The standard InChI is InChI=1S/C23H12BrClF4O4/c24-15-4-1-2-7-18(15)32-21-20(30)13-9-8-12(10-19(13)33-22(21)23(27,28)29)31-11-14-16(25)5-3-6-17(14)26/h1-10H,11H2. The minimum atomic E-state index is -5.01. The molecule has 0 fully saturated rings. The Labute approximate surface area is 197 Å². The van der Waals surface area contributed by atoms with E-state index in [1.165, 1.54) is 36.4 Å². The monoisotopic (exact) mass is 542 g/mol. The number of fused-ring (bicyclic) bond motifs is 1. The molecule has 0 amide bonds. The Hall–Kier alpha value is -3.04. The summed E-state index contributed by atoms with van der Waals surface area (Å²) in [4.78, 5) is 12.9. The van der Waals surface area contributed by atoms with E-state index >= 15 is 0 Å². The number of rotatable bonds is 5. The van der Waals surface area contributed by atoms with Gasteiger partial charge in [0.2, 0.25) is 11.2 Å². The molecule has 1 aromatic heterocycles. The fourth-order valence-electron chi connectivity index (χ4n) is 2.99. The van der Waals surface area contributed by atoms with E-state index in [0.29, 0.717) is 4.47 Å². The first-order chi connectivity index (χ1) is 15.6. The van der Waals surface area contributed by atoms with Gasteiger partial charge in [-0.3, -0.25) is 4.79 Å². The molecule has 0 spiro atoms. The Kier molecular flexibility index (Phi) is 6.36. The number of hydrogen-bond donors (Lipinski definition) is 0. The van der Waals surface area contributed by atoms with Crippen molar-refractivity contribution in [2.45, 2.75) is 12.8 Å². The largest absolute Gasteiger partial charge is 0.489 e. The zero-order chi connectivity index (χ0) is 23.8. The van der Waals surface area contributed by atoms with Crippen LogP contribution < -0.4 is 14.9 Å². The SMILES string of the molecule is O=c1c(Oc2ccccc2Br)c(C(F)(F)F)oc2cc(OCc3c(F)cccc3Cl)ccc12. The summed E-state index contributed by atoms with van der Waals surface area (Å²) in [5.74, 6) is -3.12. The topological polar surface area (TPSA) is 48.7 Å². The van der Waals surface area contributed by atoms with E-state index in [1.54, 1.807) is 18.2 Å². The van der Waals surface area contributed by atoms with E-state index < -0.39 is 28.9 Å². The van der Waals surface area contributed by atoms with E-state index in [0.717, 1.165) is 6.07 Å². The Bertz CT molecular complexity index is 1380. The van der Waals surface area contributed by atoms with Crippen LogP contribution in [0.4, 0.5) is 17.6 Å². The summed E-state index contributed by atoms with van der Waals surface area (Å²) in [6, 6.07) is 14.0. The van der Waals surface area contributed by atoms with Crippen LogP contribution in [-0.2, 0) is 12.8 Å². The maximum atomic E-state index is 13.9.